The molecule has 1 atom stereocenters. The van der Waals surface area contributed by atoms with Crippen LogP contribution in [0.2, 0.25) is 0 Å². The van der Waals surface area contributed by atoms with E-state index in [0.29, 0.717) is 17.9 Å². The van der Waals surface area contributed by atoms with Crippen LogP contribution in [0.4, 0.5) is 13.2 Å². The van der Waals surface area contributed by atoms with Crippen molar-refractivity contribution in [3.05, 3.63) is 63.1 Å². The maximum Gasteiger partial charge on any atom is 0.438 e. The van der Waals surface area contributed by atoms with Crippen LogP contribution in [0.15, 0.2) is 35.1 Å². The van der Waals surface area contributed by atoms with E-state index in [2.05, 4.69) is 10.3 Å². The lowest BCUT2D eigenvalue weighted by Gasteiger charge is -2.22. The van der Waals surface area contributed by atoms with Gasteiger partial charge in [0.15, 0.2) is 11.5 Å². The number of rotatable bonds is 8. The molecule has 0 saturated heterocycles. The molecule has 0 bridgehead atoms. The van der Waals surface area contributed by atoms with Gasteiger partial charge in [-0.2, -0.15) is 13.2 Å². The standard InChI is InChI=1S/C25H28F3N3O4/c1-6-18(23(32)29-10-9-16-7-8-20(34-4)21(13-16)35-5)31-19-12-15(3)14(2)11-17(19)30-22(24(31)33)25(26,27)28/h7-8,11-13,18H,6,9-10H2,1-5H3,(H,29,32)/t18-/m1/s1. The van der Waals surface area contributed by atoms with Crippen molar-refractivity contribution < 1.29 is 27.4 Å². The number of methoxy groups -OCH3 is 2. The molecule has 0 fully saturated rings. The first-order valence-corrected chi connectivity index (χ1v) is 11.1. The van der Waals surface area contributed by atoms with Gasteiger partial charge in [-0.15, -0.1) is 0 Å². The molecule has 1 N–H and O–H groups in total. The number of carbonyl (C=O) groups is 1. The quantitative estimate of drug-likeness (QED) is 0.506. The van der Waals surface area contributed by atoms with Gasteiger partial charge >= 0.3 is 6.18 Å². The summed E-state index contributed by atoms with van der Waals surface area (Å²) in [6.45, 7) is 5.39. The summed E-state index contributed by atoms with van der Waals surface area (Å²) in [4.78, 5) is 29.6. The van der Waals surface area contributed by atoms with E-state index in [9.17, 15) is 22.8 Å². The summed E-state index contributed by atoms with van der Waals surface area (Å²) in [5.41, 5.74) is -0.302. The first-order chi connectivity index (χ1) is 16.5. The topological polar surface area (TPSA) is 82.5 Å². The summed E-state index contributed by atoms with van der Waals surface area (Å²) in [7, 11) is 3.05. The smallest absolute Gasteiger partial charge is 0.438 e. The Bertz CT molecular complexity index is 1300. The van der Waals surface area contributed by atoms with Crippen LogP contribution in [0.25, 0.3) is 11.0 Å². The number of aryl methyl sites for hydroxylation is 2. The molecule has 1 heterocycles. The summed E-state index contributed by atoms with van der Waals surface area (Å²) in [5.74, 6) is 0.568. The zero-order valence-corrected chi connectivity index (χ0v) is 20.2. The molecular formula is C25H28F3N3O4. The van der Waals surface area contributed by atoms with Gasteiger partial charge in [-0.25, -0.2) is 4.98 Å². The minimum atomic E-state index is -4.95. The predicted molar refractivity (Wildman–Crippen MR) is 126 cm³/mol. The van der Waals surface area contributed by atoms with Crippen molar-refractivity contribution in [1.29, 1.82) is 0 Å². The monoisotopic (exact) mass is 491 g/mol. The third-order valence-corrected chi connectivity index (χ3v) is 5.93. The average Bonchev–Trinajstić information content (AvgIpc) is 2.81. The molecule has 1 aromatic heterocycles. The van der Waals surface area contributed by atoms with Crippen molar-refractivity contribution in [2.45, 2.75) is 45.8 Å². The minimum Gasteiger partial charge on any atom is -0.493 e. The molecule has 0 radical (unpaired) electrons. The number of aromatic nitrogens is 2. The maximum absolute atomic E-state index is 13.6. The predicted octanol–water partition coefficient (Wildman–Crippen LogP) is 4.36. The highest BCUT2D eigenvalue weighted by Gasteiger charge is 2.38. The molecule has 0 saturated carbocycles. The molecule has 0 unspecified atom stereocenters. The Morgan fingerprint density at radius 2 is 1.74 bits per heavy atom. The van der Waals surface area contributed by atoms with Crippen LogP contribution in [0.3, 0.4) is 0 Å². The van der Waals surface area contributed by atoms with Crippen molar-refractivity contribution in [2.24, 2.45) is 0 Å². The van der Waals surface area contributed by atoms with Gasteiger partial charge in [-0.05, 0) is 67.6 Å². The van der Waals surface area contributed by atoms with Crippen LogP contribution < -0.4 is 20.3 Å². The molecule has 188 valence electrons. The summed E-state index contributed by atoms with van der Waals surface area (Å²) in [5, 5.41) is 2.75. The second-order valence-electron chi connectivity index (χ2n) is 8.21. The maximum atomic E-state index is 13.6. The number of nitrogens with one attached hydrogen (secondary N) is 1. The van der Waals surface area contributed by atoms with Gasteiger partial charge in [0.05, 0.1) is 25.3 Å². The average molecular weight is 492 g/mol. The number of hydrogen-bond acceptors (Lipinski definition) is 5. The lowest BCUT2D eigenvalue weighted by Crippen LogP contribution is -2.40. The molecule has 0 aliphatic carbocycles. The van der Waals surface area contributed by atoms with E-state index < -0.39 is 29.4 Å². The molecule has 10 heteroatoms. The van der Waals surface area contributed by atoms with E-state index in [1.807, 2.05) is 6.07 Å². The van der Waals surface area contributed by atoms with Gasteiger partial charge < -0.3 is 14.8 Å². The molecule has 3 rings (SSSR count). The van der Waals surface area contributed by atoms with Crippen molar-refractivity contribution in [3.8, 4) is 11.5 Å². The van der Waals surface area contributed by atoms with Crippen LogP contribution in [-0.2, 0) is 17.4 Å². The largest absolute Gasteiger partial charge is 0.493 e. The highest BCUT2D eigenvalue weighted by molar-refractivity contribution is 5.84. The zero-order valence-electron chi connectivity index (χ0n) is 20.2. The minimum absolute atomic E-state index is 0.0107. The number of alkyl halides is 3. The highest BCUT2D eigenvalue weighted by atomic mass is 19.4. The van der Waals surface area contributed by atoms with E-state index in [4.69, 9.17) is 9.47 Å². The summed E-state index contributed by atoms with van der Waals surface area (Å²) in [6.07, 6.45) is -4.39. The molecule has 0 spiro atoms. The van der Waals surface area contributed by atoms with Crippen molar-refractivity contribution >= 4 is 16.9 Å². The second kappa shape index (κ2) is 10.4. The number of carbonyl (C=O) groups excluding carboxylic acids is 1. The van der Waals surface area contributed by atoms with E-state index in [-0.39, 0.29) is 24.0 Å². The Hall–Kier alpha value is -3.56. The van der Waals surface area contributed by atoms with Crippen LogP contribution in [-0.4, -0.2) is 36.2 Å². The zero-order chi connectivity index (χ0) is 25.9. The van der Waals surface area contributed by atoms with Crippen LogP contribution in [0, 0.1) is 13.8 Å². The van der Waals surface area contributed by atoms with Crippen molar-refractivity contribution in [1.82, 2.24) is 14.9 Å². The van der Waals surface area contributed by atoms with E-state index >= 15 is 0 Å². The summed E-state index contributed by atoms with van der Waals surface area (Å²) < 4.78 is 52.3. The third-order valence-electron chi connectivity index (χ3n) is 5.93. The molecule has 2 aromatic carbocycles. The number of nitrogens with zero attached hydrogens (tertiary/aromatic N) is 2. The number of fused-ring (bicyclic) bond motifs is 1. The number of benzene rings is 2. The lowest BCUT2D eigenvalue weighted by atomic mass is 10.1. The Kier molecular flexibility index (Phi) is 7.72. The van der Waals surface area contributed by atoms with Gasteiger partial charge in [0.1, 0.15) is 6.04 Å². The van der Waals surface area contributed by atoms with Gasteiger partial charge in [0.25, 0.3) is 5.56 Å². The first kappa shape index (κ1) is 26.1. The lowest BCUT2D eigenvalue weighted by molar-refractivity contribution is -0.142. The van der Waals surface area contributed by atoms with Crippen molar-refractivity contribution in [2.75, 3.05) is 20.8 Å². The van der Waals surface area contributed by atoms with Gasteiger partial charge in [-0.3, -0.25) is 14.2 Å². The Morgan fingerprint density at radius 3 is 2.34 bits per heavy atom. The SMILES string of the molecule is CC[C@H](C(=O)NCCc1ccc(OC)c(OC)c1)n1c(=O)c(C(F)(F)F)nc2cc(C)c(C)cc21. The summed E-state index contributed by atoms with van der Waals surface area (Å²) in [6, 6.07) is 7.31. The molecular weight excluding hydrogens is 463 g/mol. The van der Waals surface area contributed by atoms with Crippen LogP contribution in [0.1, 0.15) is 41.8 Å². The third kappa shape index (κ3) is 5.41. The molecule has 0 aliphatic rings. The van der Waals surface area contributed by atoms with Crippen LogP contribution in [0.5, 0.6) is 11.5 Å². The normalized spacial score (nSPS) is 12.5. The van der Waals surface area contributed by atoms with E-state index in [1.165, 1.54) is 20.3 Å². The van der Waals surface area contributed by atoms with E-state index in [1.54, 1.807) is 39.0 Å². The Morgan fingerprint density at radius 1 is 1.09 bits per heavy atom. The Balaban J connectivity index is 1.94. The molecule has 3 aromatic rings. The Labute approximate surface area is 200 Å². The molecule has 35 heavy (non-hydrogen) atoms. The fourth-order valence-electron chi connectivity index (χ4n) is 3.92. The van der Waals surface area contributed by atoms with Gasteiger partial charge in [-0.1, -0.05) is 13.0 Å². The summed E-state index contributed by atoms with van der Waals surface area (Å²) >= 11 is 0. The van der Waals surface area contributed by atoms with Gasteiger partial charge in [0, 0.05) is 6.54 Å². The fraction of sp³-hybridized carbons (Fsp3) is 0.400. The fourth-order valence-corrected chi connectivity index (χ4v) is 3.92. The number of halogens is 3. The van der Waals surface area contributed by atoms with Gasteiger partial charge in [0.2, 0.25) is 11.6 Å². The molecule has 1 amide bonds. The van der Waals surface area contributed by atoms with Crippen LogP contribution >= 0.6 is 0 Å². The number of amides is 1. The molecule has 0 aliphatic heterocycles. The van der Waals surface area contributed by atoms with E-state index in [0.717, 1.165) is 21.3 Å². The second-order valence-corrected chi connectivity index (χ2v) is 8.21. The van der Waals surface area contributed by atoms with Crippen molar-refractivity contribution in [3.63, 3.8) is 0 Å². The number of hydrogen-bond donors (Lipinski definition) is 1. The molecule has 7 nitrogen and oxygen atoms in total. The first-order valence-electron chi connectivity index (χ1n) is 11.1. The number of ether oxygens (including phenoxy) is 2. The highest BCUT2D eigenvalue weighted by Crippen LogP contribution is 2.29.